The number of carbonyl (C=O) groups excluding carboxylic acids is 1. The molecule has 0 saturated heterocycles. The highest BCUT2D eigenvalue weighted by Crippen LogP contribution is 2.23. The number of aromatic nitrogens is 2. The van der Waals surface area contributed by atoms with Crippen LogP contribution in [0.5, 0.6) is 0 Å². The molecular weight excluding hydrogens is 375 g/mol. The number of unbranched alkanes of at least 4 members (excludes halogenated alkanes) is 1. The zero-order valence-corrected chi connectivity index (χ0v) is 17.4. The minimum absolute atomic E-state index is 0.0571. The van der Waals surface area contributed by atoms with E-state index < -0.39 is 23.0 Å². The molecule has 0 unspecified atom stereocenters. The Labute approximate surface area is 169 Å². The normalized spacial score (nSPS) is 11.1. The number of nitrogen functional groups attached to an aromatic ring is 1. The molecule has 0 atom stereocenters. The molecule has 0 aliphatic rings. The van der Waals surface area contributed by atoms with Crippen LogP contribution in [0.25, 0.3) is 0 Å². The minimum atomic E-state index is -0.730. The van der Waals surface area contributed by atoms with Gasteiger partial charge in [0.15, 0.2) is 5.69 Å². The van der Waals surface area contributed by atoms with Gasteiger partial charge < -0.3 is 10.6 Å². The van der Waals surface area contributed by atoms with Crippen LogP contribution in [0.15, 0.2) is 27.8 Å². The first-order valence-corrected chi connectivity index (χ1v) is 9.88. The number of nitrogens with zero attached hydrogens (tertiary/aromatic N) is 2. The van der Waals surface area contributed by atoms with E-state index in [1.165, 1.54) is 21.6 Å². The van der Waals surface area contributed by atoms with Crippen molar-refractivity contribution in [2.24, 2.45) is 5.92 Å². The monoisotopic (exact) mass is 404 g/mol. The second-order valence-electron chi connectivity index (χ2n) is 7.60. The number of nitrogens with one attached hydrogen (secondary N) is 1. The second kappa shape index (κ2) is 9.54. The predicted octanol–water partition coefficient (Wildman–Crippen LogP) is 3.06. The molecule has 8 heteroatoms. The molecule has 2 aromatic rings. The summed E-state index contributed by atoms with van der Waals surface area (Å²) in [6.45, 7) is 8.20. The predicted molar refractivity (Wildman–Crippen MR) is 113 cm³/mol. The van der Waals surface area contributed by atoms with Crippen LogP contribution in [0.2, 0.25) is 0 Å². The van der Waals surface area contributed by atoms with Gasteiger partial charge in [-0.25, -0.2) is 9.18 Å². The van der Waals surface area contributed by atoms with Crippen LogP contribution in [0.3, 0.4) is 0 Å². The maximum absolute atomic E-state index is 13.8. The Morgan fingerprint density at radius 1 is 1.31 bits per heavy atom. The number of amides is 1. The Morgan fingerprint density at radius 3 is 2.62 bits per heavy atom. The van der Waals surface area contributed by atoms with Crippen molar-refractivity contribution in [1.29, 1.82) is 0 Å². The highest BCUT2D eigenvalue weighted by atomic mass is 19.1. The first kappa shape index (κ1) is 22.4. The Morgan fingerprint density at radius 2 is 2.00 bits per heavy atom. The SMILES string of the molecule is CCCCn1c(N)c(N(CCC(C)C)C(=O)c2cc(F)ccc2C)c(=O)[nH]c1=O. The van der Waals surface area contributed by atoms with Gasteiger partial charge in [0, 0.05) is 18.7 Å². The van der Waals surface area contributed by atoms with Crippen LogP contribution in [0.1, 0.15) is 56.0 Å². The van der Waals surface area contributed by atoms with Crippen LogP contribution < -0.4 is 21.9 Å². The molecule has 7 nitrogen and oxygen atoms in total. The van der Waals surface area contributed by atoms with E-state index >= 15 is 0 Å². The largest absolute Gasteiger partial charge is 0.383 e. The van der Waals surface area contributed by atoms with Gasteiger partial charge in [-0.1, -0.05) is 33.3 Å². The van der Waals surface area contributed by atoms with E-state index in [2.05, 4.69) is 4.98 Å². The van der Waals surface area contributed by atoms with Gasteiger partial charge in [-0.05, 0) is 43.4 Å². The number of rotatable bonds is 8. The molecule has 0 bridgehead atoms. The number of benzene rings is 1. The number of hydrogen-bond donors (Lipinski definition) is 2. The fourth-order valence-corrected chi connectivity index (χ4v) is 3.05. The summed E-state index contributed by atoms with van der Waals surface area (Å²) in [6.07, 6.45) is 2.13. The molecule has 0 radical (unpaired) electrons. The third-order valence-electron chi connectivity index (χ3n) is 4.82. The molecule has 0 aliphatic carbocycles. The van der Waals surface area contributed by atoms with Gasteiger partial charge in [-0.3, -0.25) is 19.1 Å². The van der Waals surface area contributed by atoms with E-state index in [9.17, 15) is 18.8 Å². The molecule has 0 saturated carbocycles. The lowest BCUT2D eigenvalue weighted by atomic mass is 10.1. The summed E-state index contributed by atoms with van der Waals surface area (Å²) in [4.78, 5) is 41.7. The van der Waals surface area contributed by atoms with E-state index in [4.69, 9.17) is 5.73 Å². The average Bonchev–Trinajstić information content (AvgIpc) is 2.65. The number of carbonyl (C=O) groups is 1. The Kier molecular flexibility index (Phi) is 7.36. The number of halogens is 1. The standard InChI is InChI=1S/C21H29FN4O3/c1-5-6-10-26-18(23)17(19(27)24-21(26)29)25(11-9-13(2)3)20(28)16-12-15(22)8-7-14(16)4/h7-8,12-13H,5-6,9-11,23H2,1-4H3,(H,24,27,29). The molecule has 158 valence electrons. The van der Waals surface area contributed by atoms with Crippen molar-refractivity contribution in [2.75, 3.05) is 17.2 Å². The lowest BCUT2D eigenvalue weighted by Crippen LogP contribution is -2.42. The van der Waals surface area contributed by atoms with Gasteiger partial charge in [0.25, 0.3) is 11.5 Å². The molecule has 1 aromatic heterocycles. The van der Waals surface area contributed by atoms with Gasteiger partial charge in [0.05, 0.1) is 0 Å². The lowest BCUT2D eigenvalue weighted by Gasteiger charge is -2.26. The van der Waals surface area contributed by atoms with E-state index in [1.807, 2.05) is 20.8 Å². The molecule has 1 heterocycles. The highest BCUT2D eigenvalue weighted by molar-refractivity contribution is 6.08. The summed E-state index contributed by atoms with van der Waals surface area (Å²) in [6, 6.07) is 3.94. The van der Waals surface area contributed by atoms with Crippen LogP contribution >= 0.6 is 0 Å². The molecule has 0 fully saturated rings. The third-order valence-corrected chi connectivity index (χ3v) is 4.82. The van der Waals surface area contributed by atoms with E-state index in [0.717, 1.165) is 12.5 Å². The highest BCUT2D eigenvalue weighted by Gasteiger charge is 2.26. The zero-order chi connectivity index (χ0) is 21.7. The number of hydrogen-bond acceptors (Lipinski definition) is 4. The van der Waals surface area contributed by atoms with Crippen molar-refractivity contribution < 1.29 is 9.18 Å². The second-order valence-corrected chi connectivity index (χ2v) is 7.60. The quantitative estimate of drug-likeness (QED) is 0.706. The van der Waals surface area contributed by atoms with Crippen molar-refractivity contribution in [3.8, 4) is 0 Å². The van der Waals surface area contributed by atoms with Gasteiger partial charge in [0.1, 0.15) is 11.6 Å². The van der Waals surface area contributed by atoms with Crippen molar-refractivity contribution in [3.63, 3.8) is 0 Å². The summed E-state index contributed by atoms with van der Waals surface area (Å²) >= 11 is 0. The van der Waals surface area contributed by atoms with Crippen molar-refractivity contribution in [1.82, 2.24) is 9.55 Å². The maximum atomic E-state index is 13.8. The van der Waals surface area contributed by atoms with Crippen molar-refractivity contribution >= 4 is 17.4 Å². The number of aromatic amines is 1. The third kappa shape index (κ3) is 5.13. The van der Waals surface area contributed by atoms with Crippen molar-refractivity contribution in [2.45, 2.75) is 53.5 Å². The summed E-state index contributed by atoms with van der Waals surface area (Å²) in [5, 5.41) is 0. The summed E-state index contributed by atoms with van der Waals surface area (Å²) in [5.74, 6) is -0.873. The minimum Gasteiger partial charge on any atom is -0.383 e. The molecule has 29 heavy (non-hydrogen) atoms. The Bertz CT molecular complexity index is 994. The van der Waals surface area contributed by atoms with Crippen LogP contribution in [0, 0.1) is 18.7 Å². The molecule has 1 amide bonds. The molecule has 0 spiro atoms. The maximum Gasteiger partial charge on any atom is 0.330 e. The van der Waals surface area contributed by atoms with Crippen LogP contribution in [0.4, 0.5) is 15.9 Å². The smallest absolute Gasteiger partial charge is 0.330 e. The molecule has 3 N–H and O–H groups in total. The topological polar surface area (TPSA) is 101 Å². The average molecular weight is 404 g/mol. The van der Waals surface area contributed by atoms with Crippen LogP contribution in [-0.4, -0.2) is 22.0 Å². The van der Waals surface area contributed by atoms with Gasteiger partial charge in [0.2, 0.25) is 0 Å². The lowest BCUT2D eigenvalue weighted by molar-refractivity contribution is 0.0984. The zero-order valence-electron chi connectivity index (χ0n) is 17.4. The summed E-state index contributed by atoms with van der Waals surface area (Å²) < 4.78 is 15.1. The fourth-order valence-electron chi connectivity index (χ4n) is 3.05. The number of H-pyrrole nitrogens is 1. The van der Waals surface area contributed by atoms with E-state index in [0.29, 0.717) is 24.9 Å². The van der Waals surface area contributed by atoms with Gasteiger partial charge >= 0.3 is 5.69 Å². The molecule has 2 rings (SSSR count). The first-order valence-electron chi connectivity index (χ1n) is 9.88. The van der Waals surface area contributed by atoms with Gasteiger partial charge in [-0.15, -0.1) is 0 Å². The molecule has 1 aromatic carbocycles. The summed E-state index contributed by atoms with van der Waals surface area (Å²) in [7, 11) is 0. The Hall–Kier alpha value is -2.90. The van der Waals surface area contributed by atoms with E-state index in [1.54, 1.807) is 6.92 Å². The molecular formula is C21H29FN4O3. The van der Waals surface area contributed by atoms with Crippen molar-refractivity contribution in [3.05, 3.63) is 56.0 Å². The van der Waals surface area contributed by atoms with Gasteiger partial charge in [-0.2, -0.15) is 0 Å². The fraction of sp³-hybridized carbons (Fsp3) is 0.476. The summed E-state index contributed by atoms with van der Waals surface area (Å²) in [5.41, 5.74) is 5.51. The Balaban J connectivity index is 2.64. The number of aryl methyl sites for hydroxylation is 1. The van der Waals surface area contributed by atoms with Crippen LogP contribution in [-0.2, 0) is 6.54 Å². The van der Waals surface area contributed by atoms with E-state index in [-0.39, 0.29) is 29.5 Å². The number of nitrogens with two attached hydrogens (primary N) is 1. The molecule has 0 aliphatic heterocycles. The first-order chi connectivity index (χ1) is 13.7. The number of anilines is 2.